The zero-order valence-corrected chi connectivity index (χ0v) is 18.9. The predicted molar refractivity (Wildman–Crippen MR) is 118 cm³/mol. The van der Waals surface area contributed by atoms with Gasteiger partial charge >= 0.3 is 0 Å². The summed E-state index contributed by atoms with van der Waals surface area (Å²) in [4.78, 5) is 9.31. The van der Waals surface area contributed by atoms with Crippen molar-refractivity contribution in [3.63, 3.8) is 0 Å². The summed E-state index contributed by atoms with van der Waals surface area (Å²) in [5.74, 6) is 1.48. The summed E-state index contributed by atoms with van der Waals surface area (Å²) in [5.41, 5.74) is 0. The number of aliphatic imine (C=N–C) groups is 1. The SMILES string of the molecule is CCN1CCN(CCNC(=NC)NCCCOCC2CCOC2)CC1.I. The molecular formula is C18H38IN5O2. The molecule has 7 nitrogen and oxygen atoms in total. The summed E-state index contributed by atoms with van der Waals surface area (Å²) >= 11 is 0. The van der Waals surface area contributed by atoms with E-state index < -0.39 is 0 Å². The van der Waals surface area contributed by atoms with Gasteiger partial charge in [-0.1, -0.05) is 6.92 Å². The van der Waals surface area contributed by atoms with Gasteiger partial charge in [-0.3, -0.25) is 9.89 Å². The Balaban J connectivity index is 0.00000338. The number of rotatable bonds is 10. The van der Waals surface area contributed by atoms with Crippen molar-refractivity contribution in [2.24, 2.45) is 10.9 Å². The third kappa shape index (κ3) is 9.68. The van der Waals surface area contributed by atoms with Gasteiger partial charge in [-0.2, -0.15) is 0 Å². The Bertz CT molecular complexity index is 373. The van der Waals surface area contributed by atoms with Crippen molar-refractivity contribution in [1.82, 2.24) is 20.4 Å². The number of ether oxygens (including phenoxy) is 2. The van der Waals surface area contributed by atoms with Crippen molar-refractivity contribution in [3.05, 3.63) is 0 Å². The molecule has 154 valence electrons. The van der Waals surface area contributed by atoms with E-state index in [1.165, 1.54) is 32.7 Å². The zero-order valence-electron chi connectivity index (χ0n) is 16.5. The maximum absolute atomic E-state index is 5.72. The first kappa shape index (κ1) is 23.9. The first-order valence-electron chi connectivity index (χ1n) is 9.86. The molecule has 2 N–H and O–H groups in total. The molecule has 1 atom stereocenters. The number of nitrogens with one attached hydrogen (secondary N) is 2. The highest BCUT2D eigenvalue weighted by molar-refractivity contribution is 14.0. The summed E-state index contributed by atoms with van der Waals surface area (Å²) in [6.07, 6.45) is 2.13. The molecule has 2 aliphatic rings. The molecule has 0 amide bonds. The van der Waals surface area contributed by atoms with E-state index in [-0.39, 0.29) is 24.0 Å². The minimum Gasteiger partial charge on any atom is -0.381 e. The molecular weight excluding hydrogens is 445 g/mol. The number of guanidine groups is 1. The molecule has 2 heterocycles. The molecule has 0 spiro atoms. The highest BCUT2D eigenvalue weighted by atomic mass is 127. The van der Waals surface area contributed by atoms with Gasteiger partial charge < -0.3 is 25.0 Å². The Labute approximate surface area is 176 Å². The van der Waals surface area contributed by atoms with Gasteiger partial charge in [0.25, 0.3) is 0 Å². The predicted octanol–water partition coefficient (Wildman–Crippen LogP) is 0.850. The fraction of sp³-hybridized carbons (Fsp3) is 0.944. The lowest BCUT2D eigenvalue weighted by Crippen LogP contribution is -2.49. The van der Waals surface area contributed by atoms with Crippen LogP contribution < -0.4 is 10.6 Å². The highest BCUT2D eigenvalue weighted by Crippen LogP contribution is 2.12. The van der Waals surface area contributed by atoms with Crippen LogP contribution in [-0.2, 0) is 9.47 Å². The van der Waals surface area contributed by atoms with Crippen LogP contribution >= 0.6 is 24.0 Å². The second kappa shape index (κ2) is 14.8. The van der Waals surface area contributed by atoms with Crippen molar-refractivity contribution < 1.29 is 9.47 Å². The minimum atomic E-state index is 0. The number of likely N-dealkylation sites (N-methyl/N-ethyl adjacent to an activating group) is 1. The van der Waals surface area contributed by atoms with Crippen molar-refractivity contribution in [3.8, 4) is 0 Å². The van der Waals surface area contributed by atoms with E-state index >= 15 is 0 Å². The van der Waals surface area contributed by atoms with Crippen LogP contribution in [-0.4, -0.2) is 102 Å². The van der Waals surface area contributed by atoms with Crippen LogP contribution in [0.2, 0.25) is 0 Å². The van der Waals surface area contributed by atoms with Gasteiger partial charge in [-0.15, -0.1) is 24.0 Å². The molecule has 0 aromatic carbocycles. The molecule has 2 rings (SSSR count). The number of nitrogens with zero attached hydrogens (tertiary/aromatic N) is 3. The Morgan fingerprint density at radius 1 is 1.15 bits per heavy atom. The molecule has 0 aliphatic carbocycles. The fourth-order valence-electron chi connectivity index (χ4n) is 3.23. The van der Waals surface area contributed by atoms with E-state index in [0.717, 1.165) is 64.9 Å². The summed E-state index contributed by atoms with van der Waals surface area (Å²) in [6.45, 7) is 14.4. The molecule has 0 aromatic rings. The lowest BCUT2D eigenvalue weighted by atomic mass is 10.1. The fourth-order valence-corrected chi connectivity index (χ4v) is 3.23. The lowest BCUT2D eigenvalue weighted by Gasteiger charge is -2.34. The molecule has 2 saturated heterocycles. The van der Waals surface area contributed by atoms with E-state index in [4.69, 9.17) is 9.47 Å². The van der Waals surface area contributed by atoms with Crippen LogP contribution in [0.1, 0.15) is 19.8 Å². The second-order valence-corrected chi connectivity index (χ2v) is 6.86. The zero-order chi connectivity index (χ0) is 17.7. The summed E-state index contributed by atoms with van der Waals surface area (Å²) in [5, 5.41) is 6.76. The number of hydrogen-bond donors (Lipinski definition) is 2. The summed E-state index contributed by atoms with van der Waals surface area (Å²) in [6, 6.07) is 0. The molecule has 2 fully saturated rings. The van der Waals surface area contributed by atoms with Crippen molar-refractivity contribution >= 4 is 29.9 Å². The minimum absolute atomic E-state index is 0. The first-order valence-corrected chi connectivity index (χ1v) is 9.86. The molecule has 2 aliphatic heterocycles. The van der Waals surface area contributed by atoms with E-state index in [9.17, 15) is 0 Å². The normalized spacial score (nSPS) is 22.2. The Hall–Kier alpha value is -0.160. The monoisotopic (exact) mass is 483 g/mol. The number of hydrogen-bond acceptors (Lipinski definition) is 5. The summed E-state index contributed by atoms with van der Waals surface area (Å²) in [7, 11) is 1.83. The van der Waals surface area contributed by atoms with Crippen molar-refractivity contribution in [2.75, 3.05) is 85.8 Å². The molecule has 8 heteroatoms. The number of piperazine rings is 1. The van der Waals surface area contributed by atoms with Crippen LogP contribution in [0.3, 0.4) is 0 Å². The third-order valence-electron chi connectivity index (χ3n) is 4.99. The van der Waals surface area contributed by atoms with Gasteiger partial charge in [0.2, 0.25) is 0 Å². The maximum Gasteiger partial charge on any atom is 0.191 e. The van der Waals surface area contributed by atoms with Crippen LogP contribution in [0.4, 0.5) is 0 Å². The molecule has 0 saturated carbocycles. The Morgan fingerprint density at radius 3 is 2.54 bits per heavy atom. The standard InChI is InChI=1S/C18H37N5O2.HI/c1-3-22-9-11-23(12-10-22)8-7-21-18(19-2)20-6-4-13-24-15-17-5-14-25-16-17;/h17H,3-16H2,1-2H3,(H2,19,20,21);1H. The average Bonchev–Trinajstić information content (AvgIpc) is 3.17. The molecule has 0 bridgehead atoms. The van der Waals surface area contributed by atoms with Crippen LogP contribution in [0, 0.1) is 5.92 Å². The van der Waals surface area contributed by atoms with Gasteiger partial charge in [0.1, 0.15) is 0 Å². The third-order valence-corrected chi connectivity index (χ3v) is 4.99. The smallest absolute Gasteiger partial charge is 0.191 e. The van der Waals surface area contributed by atoms with Crippen molar-refractivity contribution in [2.45, 2.75) is 19.8 Å². The van der Waals surface area contributed by atoms with Gasteiger partial charge in [0, 0.05) is 72.0 Å². The number of halogens is 1. The Kier molecular flexibility index (Phi) is 13.6. The first-order chi connectivity index (χ1) is 12.3. The second-order valence-electron chi connectivity index (χ2n) is 6.86. The van der Waals surface area contributed by atoms with Crippen LogP contribution in [0.5, 0.6) is 0 Å². The molecule has 1 unspecified atom stereocenters. The molecule has 0 radical (unpaired) electrons. The van der Waals surface area contributed by atoms with Crippen molar-refractivity contribution in [1.29, 1.82) is 0 Å². The van der Waals surface area contributed by atoms with Crippen LogP contribution in [0.15, 0.2) is 4.99 Å². The summed E-state index contributed by atoms with van der Waals surface area (Å²) < 4.78 is 11.1. The van der Waals surface area contributed by atoms with E-state index in [0.29, 0.717) is 5.92 Å². The molecule has 0 aromatic heterocycles. The average molecular weight is 483 g/mol. The largest absolute Gasteiger partial charge is 0.381 e. The Morgan fingerprint density at radius 2 is 1.88 bits per heavy atom. The highest BCUT2D eigenvalue weighted by Gasteiger charge is 2.15. The van der Waals surface area contributed by atoms with E-state index in [2.05, 4.69) is 32.3 Å². The topological polar surface area (TPSA) is 61.4 Å². The lowest BCUT2D eigenvalue weighted by molar-refractivity contribution is 0.0888. The van der Waals surface area contributed by atoms with E-state index in [1.807, 2.05) is 7.05 Å². The van der Waals surface area contributed by atoms with Gasteiger partial charge in [0.05, 0.1) is 13.2 Å². The maximum atomic E-state index is 5.72. The van der Waals surface area contributed by atoms with Gasteiger partial charge in [0.15, 0.2) is 5.96 Å². The quantitative estimate of drug-likeness (QED) is 0.208. The van der Waals surface area contributed by atoms with E-state index in [1.54, 1.807) is 0 Å². The van der Waals surface area contributed by atoms with Crippen LogP contribution in [0.25, 0.3) is 0 Å². The van der Waals surface area contributed by atoms with Gasteiger partial charge in [-0.25, -0.2) is 0 Å². The van der Waals surface area contributed by atoms with Gasteiger partial charge in [-0.05, 0) is 19.4 Å². The molecule has 26 heavy (non-hydrogen) atoms.